The van der Waals surface area contributed by atoms with Crippen molar-refractivity contribution in [3.05, 3.63) is 11.6 Å². The van der Waals surface area contributed by atoms with Gasteiger partial charge in [0.25, 0.3) is 0 Å². The van der Waals surface area contributed by atoms with E-state index in [0.717, 1.165) is 44.3 Å². The van der Waals surface area contributed by atoms with Crippen molar-refractivity contribution < 1.29 is 4.74 Å². The Morgan fingerprint density at radius 2 is 2.26 bits per heavy atom. The van der Waals surface area contributed by atoms with E-state index in [4.69, 9.17) is 10.5 Å². The predicted octanol–water partition coefficient (Wildman–Crippen LogP) is 0.771. The Kier molecular flexibility index (Phi) is 4.32. The van der Waals surface area contributed by atoms with Gasteiger partial charge in [-0.2, -0.15) is 0 Å². The van der Waals surface area contributed by atoms with E-state index in [1.54, 1.807) is 11.3 Å². The highest BCUT2D eigenvalue weighted by atomic mass is 32.1. The topological polar surface area (TPSA) is 54.6 Å². The third kappa shape index (κ3) is 2.91. The first-order valence-electron chi connectivity index (χ1n) is 7.08. The second-order valence-corrected chi connectivity index (χ2v) is 6.07. The molecule has 0 amide bonds. The quantitative estimate of drug-likeness (QED) is 0.884. The molecule has 0 aliphatic carbocycles. The summed E-state index contributed by atoms with van der Waals surface area (Å²) in [4.78, 5) is 9.25. The number of nitrogens with zero attached hydrogens (tertiary/aromatic N) is 3. The summed E-state index contributed by atoms with van der Waals surface area (Å²) in [5, 5.41) is 3.18. The second kappa shape index (κ2) is 6.17. The number of ether oxygens (including phenoxy) is 1. The fourth-order valence-corrected chi connectivity index (χ4v) is 3.76. The van der Waals surface area contributed by atoms with Crippen molar-refractivity contribution >= 4 is 16.5 Å². The average Bonchev–Trinajstić information content (AvgIpc) is 3.14. The molecule has 1 aromatic rings. The molecule has 1 aromatic heterocycles. The minimum atomic E-state index is 0.344. The Bertz CT molecular complexity index is 372. The van der Waals surface area contributed by atoms with Gasteiger partial charge in [0.05, 0.1) is 6.10 Å². The first kappa shape index (κ1) is 13.3. The van der Waals surface area contributed by atoms with Gasteiger partial charge >= 0.3 is 0 Å². The molecule has 2 atom stereocenters. The molecular weight excluding hydrogens is 260 g/mol. The van der Waals surface area contributed by atoms with Gasteiger partial charge in [-0.15, -0.1) is 11.3 Å². The summed E-state index contributed by atoms with van der Waals surface area (Å²) in [5.74, 6) is 0. The number of thiazole rings is 1. The lowest BCUT2D eigenvalue weighted by atomic mass is 10.1. The fraction of sp³-hybridized carbons (Fsp3) is 0.769. The average molecular weight is 282 g/mol. The number of aromatic nitrogens is 1. The van der Waals surface area contributed by atoms with Gasteiger partial charge in [-0.1, -0.05) is 0 Å². The molecule has 0 spiro atoms. The molecule has 106 valence electrons. The zero-order valence-electron chi connectivity index (χ0n) is 11.2. The van der Waals surface area contributed by atoms with Gasteiger partial charge in [0.2, 0.25) is 0 Å². The van der Waals surface area contributed by atoms with Crippen molar-refractivity contribution in [1.82, 2.24) is 9.88 Å². The zero-order chi connectivity index (χ0) is 13.1. The Labute approximate surface area is 118 Å². The molecule has 2 aliphatic rings. The van der Waals surface area contributed by atoms with Gasteiger partial charge in [0.15, 0.2) is 5.13 Å². The molecule has 2 saturated heterocycles. The Balaban J connectivity index is 1.56. The molecule has 3 heterocycles. The van der Waals surface area contributed by atoms with Crippen LogP contribution in [0.1, 0.15) is 12.8 Å². The summed E-state index contributed by atoms with van der Waals surface area (Å²) in [6.07, 6.45) is 4.56. The van der Waals surface area contributed by atoms with E-state index in [-0.39, 0.29) is 0 Å². The van der Waals surface area contributed by atoms with Crippen LogP contribution in [0.5, 0.6) is 0 Å². The van der Waals surface area contributed by atoms with Crippen LogP contribution in [0.2, 0.25) is 0 Å². The molecule has 0 saturated carbocycles. The maximum Gasteiger partial charge on any atom is 0.185 e. The standard InChI is InChI=1S/C13H22N4OS/c14-10-11(12-2-1-8-18-12)16-4-6-17(7-5-16)13-15-3-9-19-13/h3,9,11-12H,1-2,4-8,10,14H2. The van der Waals surface area contributed by atoms with E-state index in [2.05, 4.69) is 14.8 Å². The van der Waals surface area contributed by atoms with E-state index in [9.17, 15) is 0 Å². The summed E-state index contributed by atoms with van der Waals surface area (Å²) < 4.78 is 5.81. The first-order chi connectivity index (χ1) is 9.38. The summed E-state index contributed by atoms with van der Waals surface area (Å²) >= 11 is 1.72. The Morgan fingerprint density at radius 3 is 2.84 bits per heavy atom. The maximum absolute atomic E-state index is 5.97. The van der Waals surface area contributed by atoms with Crippen molar-refractivity contribution in [1.29, 1.82) is 0 Å². The van der Waals surface area contributed by atoms with Crippen LogP contribution in [0.4, 0.5) is 5.13 Å². The van der Waals surface area contributed by atoms with Crippen LogP contribution in [-0.4, -0.2) is 61.4 Å². The summed E-state index contributed by atoms with van der Waals surface area (Å²) in [6, 6.07) is 0.390. The lowest BCUT2D eigenvalue weighted by Gasteiger charge is -2.40. The third-order valence-electron chi connectivity index (χ3n) is 4.11. The summed E-state index contributed by atoms with van der Waals surface area (Å²) in [7, 11) is 0. The van der Waals surface area contributed by atoms with Crippen LogP contribution in [0, 0.1) is 0 Å². The molecule has 2 fully saturated rings. The van der Waals surface area contributed by atoms with Crippen molar-refractivity contribution in [3.8, 4) is 0 Å². The van der Waals surface area contributed by atoms with Crippen LogP contribution in [-0.2, 0) is 4.74 Å². The van der Waals surface area contributed by atoms with Crippen molar-refractivity contribution in [2.24, 2.45) is 5.73 Å². The number of rotatable bonds is 4. The van der Waals surface area contributed by atoms with Crippen molar-refractivity contribution in [2.45, 2.75) is 25.0 Å². The van der Waals surface area contributed by atoms with E-state index in [1.807, 2.05) is 11.6 Å². The van der Waals surface area contributed by atoms with Crippen LogP contribution >= 0.6 is 11.3 Å². The molecule has 5 nitrogen and oxygen atoms in total. The van der Waals surface area contributed by atoms with Crippen molar-refractivity contribution in [3.63, 3.8) is 0 Å². The van der Waals surface area contributed by atoms with Crippen LogP contribution in [0.3, 0.4) is 0 Å². The van der Waals surface area contributed by atoms with E-state index in [1.165, 1.54) is 6.42 Å². The third-order valence-corrected chi connectivity index (χ3v) is 4.94. The smallest absolute Gasteiger partial charge is 0.185 e. The van der Waals surface area contributed by atoms with Gasteiger partial charge in [-0.05, 0) is 12.8 Å². The minimum absolute atomic E-state index is 0.344. The normalized spacial score (nSPS) is 26.8. The fourth-order valence-electron chi connectivity index (χ4n) is 3.06. The summed E-state index contributed by atoms with van der Waals surface area (Å²) in [5.41, 5.74) is 5.97. The number of hydrogen-bond donors (Lipinski definition) is 1. The Morgan fingerprint density at radius 1 is 1.42 bits per heavy atom. The molecule has 2 N–H and O–H groups in total. The molecule has 3 rings (SSSR count). The van der Waals surface area contributed by atoms with Crippen LogP contribution < -0.4 is 10.6 Å². The largest absolute Gasteiger partial charge is 0.377 e. The SMILES string of the molecule is NCC(C1CCCO1)N1CCN(c2nccs2)CC1. The highest BCUT2D eigenvalue weighted by Gasteiger charge is 2.32. The molecule has 19 heavy (non-hydrogen) atoms. The van der Waals surface area contributed by atoms with Gasteiger partial charge in [0.1, 0.15) is 0 Å². The van der Waals surface area contributed by atoms with Crippen LogP contribution in [0.25, 0.3) is 0 Å². The second-order valence-electron chi connectivity index (χ2n) is 5.19. The molecule has 0 aromatic carbocycles. The first-order valence-corrected chi connectivity index (χ1v) is 7.96. The van der Waals surface area contributed by atoms with E-state index >= 15 is 0 Å². The van der Waals surface area contributed by atoms with Gasteiger partial charge < -0.3 is 15.4 Å². The molecule has 2 unspecified atom stereocenters. The zero-order valence-corrected chi connectivity index (χ0v) is 12.0. The number of anilines is 1. The van der Waals surface area contributed by atoms with E-state index < -0.39 is 0 Å². The van der Waals surface area contributed by atoms with Gasteiger partial charge in [-0.3, -0.25) is 4.90 Å². The number of nitrogens with two attached hydrogens (primary N) is 1. The lowest BCUT2D eigenvalue weighted by Crippen LogP contribution is -2.56. The highest BCUT2D eigenvalue weighted by Crippen LogP contribution is 2.23. The highest BCUT2D eigenvalue weighted by molar-refractivity contribution is 7.13. The van der Waals surface area contributed by atoms with Crippen molar-refractivity contribution in [2.75, 3.05) is 44.2 Å². The molecule has 2 aliphatic heterocycles. The number of piperazine rings is 1. The molecule has 0 radical (unpaired) electrons. The monoisotopic (exact) mass is 282 g/mol. The Hall–Kier alpha value is -0.690. The van der Waals surface area contributed by atoms with Gasteiger partial charge in [0, 0.05) is 56.9 Å². The molecular formula is C13H22N4OS. The predicted molar refractivity (Wildman–Crippen MR) is 77.7 cm³/mol. The molecule has 0 bridgehead atoms. The van der Waals surface area contributed by atoms with Crippen LogP contribution in [0.15, 0.2) is 11.6 Å². The lowest BCUT2D eigenvalue weighted by molar-refractivity contribution is 0.0250. The summed E-state index contributed by atoms with van der Waals surface area (Å²) in [6.45, 7) is 5.79. The molecule has 6 heteroatoms. The maximum atomic E-state index is 5.97. The number of hydrogen-bond acceptors (Lipinski definition) is 6. The van der Waals surface area contributed by atoms with Gasteiger partial charge in [-0.25, -0.2) is 4.98 Å². The van der Waals surface area contributed by atoms with E-state index in [0.29, 0.717) is 18.7 Å². The minimum Gasteiger partial charge on any atom is -0.377 e.